The lowest BCUT2D eigenvalue weighted by Gasteiger charge is -2.43. The van der Waals surface area contributed by atoms with E-state index in [-0.39, 0.29) is 23.5 Å². The van der Waals surface area contributed by atoms with Crippen molar-refractivity contribution < 1.29 is 19.1 Å². The first-order valence-electron chi connectivity index (χ1n) is 9.20. The molecule has 1 atom stereocenters. The Hall–Kier alpha value is -3.29. The lowest BCUT2D eigenvalue weighted by Crippen LogP contribution is -2.58. The number of fused-ring (bicyclic) bond motifs is 2. The van der Waals surface area contributed by atoms with Crippen molar-refractivity contribution in [3.05, 3.63) is 64.1 Å². The first kappa shape index (κ1) is 18.1. The summed E-state index contributed by atoms with van der Waals surface area (Å²) < 4.78 is 11.9. The summed E-state index contributed by atoms with van der Waals surface area (Å²) in [5.41, 5.74) is 0.827. The molecule has 2 aromatic rings. The van der Waals surface area contributed by atoms with Gasteiger partial charge in [-0.3, -0.25) is 24.1 Å². The van der Waals surface area contributed by atoms with Gasteiger partial charge in [-0.1, -0.05) is 30.3 Å². The molecule has 1 aromatic carbocycles. The lowest BCUT2D eigenvalue weighted by molar-refractivity contribution is -0.147. The second-order valence-electron chi connectivity index (χ2n) is 6.80. The summed E-state index contributed by atoms with van der Waals surface area (Å²) >= 11 is 0. The fourth-order valence-corrected chi connectivity index (χ4v) is 3.76. The molecule has 1 fully saturated rings. The Bertz CT molecular complexity index is 956. The second kappa shape index (κ2) is 7.38. The predicted octanol–water partition coefficient (Wildman–Crippen LogP) is 1.46. The van der Waals surface area contributed by atoms with Crippen molar-refractivity contribution in [3.63, 3.8) is 0 Å². The van der Waals surface area contributed by atoms with Crippen LogP contribution in [0, 0.1) is 0 Å². The largest absolute Gasteiger partial charge is 0.451 e. The fourth-order valence-electron chi connectivity index (χ4n) is 3.76. The minimum atomic E-state index is -0.526. The maximum Gasteiger partial charge on any atom is 0.305 e. The van der Waals surface area contributed by atoms with Crippen LogP contribution >= 0.6 is 0 Å². The topological polar surface area (TPSA) is 81.1 Å². The summed E-state index contributed by atoms with van der Waals surface area (Å²) in [7, 11) is 0. The van der Waals surface area contributed by atoms with E-state index in [0.29, 0.717) is 13.1 Å². The third-order valence-electron chi connectivity index (χ3n) is 4.99. The molecule has 8 heteroatoms. The van der Waals surface area contributed by atoms with Crippen molar-refractivity contribution in [1.82, 2.24) is 9.58 Å². The number of carbonyl (C=O) groups excluding carboxylic acids is 2. The summed E-state index contributed by atoms with van der Waals surface area (Å²) in [6.07, 6.45) is 3.27. The molecule has 1 amide bonds. The molecule has 0 radical (unpaired) electrons. The van der Waals surface area contributed by atoms with Crippen LogP contribution in [-0.2, 0) is 16.1 Å². The van der Waals surface area contributed by atoms with Crippen molar-refractivity contribution >= 4 is 11.9 Å². The van der Waals surface area contributed by atoms with Crippen LogP contribution in [0.4, 0.5) is 0 Å². The molecule has 28 heavy (non-hydrogen) atoms. The van der Waals surface area contributed by atoms with Crippen molar-refractivity contribution in [3.8, 4) is 5.75 Å². The van der Waals surface area contributed by atoms with Gasteiger partial charge in [0.2, 0.25) is 18.0 Å². The number of amides is 1. The number of hydrogen-bond donors (Lipinski definition) is 0. The van der Waals surface area contributed by atoms with Gasteiger partial charge >= 0.3 is 5.97 Å². The van der Waals surface area contributed by atoms with Crippen LogP contribution in [0.3, 0.4) is 0 Å². The van der Waals surface area contributed by atoms with Crippen molar-refractivity contribution in [1.29, 1.82) is 0 Å². The third kappa shape index (κ3) is 3.21. The van der Waals surface area contributed by atoms with Crippen molar-refractivity contribution in [2.75, 3.05) is 18.3 Å². The Labute approximate surface area is 161 Å². The van der Waals surface area contributed by atoms with Crippen LogP contribution in [0.25, 0.3) is 0 Å². The monoisotopic (exact) mass is 383 g/mol. The highest BCUT2D eigenvalue weighted by atomic mass is 16.7. The van der Waals surface area contributed by atoms with E-state index in [4.69, 9.17) is 9.47 Å². The van der Waals surface area contributed by atoms with Crippen LogP contribution in [0.1, 0.15) is 35.8 Å². The summed E-state index contributed by atoms with van der Waals surface area (Å²) in [6.45, 7) is 2.03. The molecule has 2 aliphatic heterocycles. The van der Waals surface area contributed by atoms with Gasteiger partial charge in [0.15, 0.2) is 5.69 Å². The van der Waals surface area contributed by atoms with E-state index < -0.39 is 18.2 Å². The van der Waals surface area contributed by atoms with E-state index in [1.54, 1.807) is 15.8 Å². The van der Waals surface area contributed by atoms with Gasteiger partial charge in [-0.15, -0.1) is 0 Å². The molecular formula is C20H21N3O5. The summed E-state index contributed by atoms with van der Waals surface area (Å²) in [4.78, 5) is 38.3. The zero-order valence-corrected chi connectivity index (χ0v) is 15.5. The number of pyridine rings is 1. The number of rotatable bonds is 5. The molecule has 8 nitrogen and oxygen atoms in total. The van der Waals surface area contributed by atoms with E-state index in [1.807, 2.05) is 30.3 Å². The van der Waals surface area contributed by atoms with Crippen LogP contribution < -0.4 is 15.2 Å². The minimum absolute atomic E-state index is 0.0796. The molecule has 1 aromatic heterocycles. The number of ether oxygens (including phenoxy) is 2. The quantitative estimate of drug-likeness (QED) is 0.574. The van der Waals surface area contributed by atoms with Crippen molar-refractivity contribution in [2.24, 2.45) is 0 Å². The van der Waals surface area contributed by atoms with Crippen LogP contribution in [-0.4, -0.2) is 41.0 Å². The van der Waals surface area contributed by atoms with Gasteiger partial charge in [-0.2, -0.15) is 0 Å². The summed E-state index contributed by atoms with van der Waals surface area (Å²) in [5, 5.41) is 2.07. The lowest BCUT2D eigenvalue weighted by atomic mass is 10.2. The predicted molar refractivity (Wildman–Crippen MR) is 100 cm³/mol. The number of nitrogens with zero attached hydrogens (tertiary/aromatic N) is 3. The first-order valence-corrected chi connectivity index (χ1v) is 9.20. The zero-order valence-electron chi connectivity index (χ0n) is 15.5. The van der Waals surface area contributed by atoms with Gasteiger partial charge in [0.25, 0.3) is 5.91 Å². The Morgan fingerprint density at radius 3 is 2.71 bits per heavy atom. The maximum absolute atomic E-state index is 13.1. The second-order valence-corrected chi connectivity index (χ2v) is 6.80. The molecule has 0 N–H and O–H groups in total. The van der Waals surface area contributed by atoms with Crippen LogP contribution in [0.2, 0.25) is 0 Å². The van der Waals surface area contributed by atoms with E-state index in [0.717, 1.165) is 18.4 Å². The molecule has 1 saturated heterocycles. The van der Waals surface area contributed by atoms with Gasteiger partial charge in [0.05, 0.1) is 6.54 Å². The Morgan fingerprint density at radius 1 is 1.18 bits per heavy atom. The SMILES string of the molecule is CC(=O)OCOc1c2n(ccc1=O)N(Cc1ccccc1)C1CCCN1C2=O. The highest BCUT2D eigenvalue weighted by Gasteiger charge is 2.42. The first-order chi connectivity index (χ1) is 13.6. The van der Waals surface area contributed by atoms with Gasteiger partial charge in [-0.05, 0) is 18.4 Å². The van der Waals surface area contributed by atoms with Crippen LogP contribution in [0.5, 0.6) is 5.75 Å². The number of aromatic nitrogens is 1. The van der Waals surface area contributed by atoms with E-state index in [9.17, 15) is 14.4 Å². The standard InChI is InChI=1S/C20H21N3O5/c1-14(24)27-13-28-19-16(25)9-11-22-18(19)20(26)21-10-5-8-17(21)23(22)12-15-6-3-2-4-7-15/h2-4,6-7,9,11,17H,5,8,10,12-13H2,1H3. The van der Waals surface area contributed by atoms with Gasteiger partial charge in [-0.25, -0.2) is 0 Å². The normalized spacial score (nSPS) is 17.9. The van der Waals surface area contributed by atoms with E-state index >= 15 is 0 Å². The number of hydrogen-bond acceptors (Lipinski definition) is 6. The smallest absolute Gasteiger partial charge is 0.305 e. The molecule has 0 saturated carbocycles. The Balaban J connectivity index is 1.76. The average Bonchev–Trinajstić information content (AvgIpc) is 3.17. The molecular weight excluding hydrogens is 362 g/mol. The van der Waals surface area contributed by atoms with Crippen LogP contribution in [0.15, 0.2) is 47.4 Å². The highest BCUT2D eigenvalue weighted by molar-refractivity contribution is 5.96. The molecule has 0 aliphatic carbocycles. The molecule has 3 heterocycles. The molecule has 4 rings (SSSR count). The molecule has 1 unspecified atom stereocenters. The maximum atomic E-state index is 13.1. The Morgan fingerprint density at radius 2 is 1.96 bits per heavy atom. The van der Waals surface area contributed by atoms with E-state index in [1.165, 1.54) is 13.0 Å². The molecule has 0 bridgehead atoms. The zero-order chi connectivity index (χ0) is 19.7. The van der Waals surface area contributed by atoms with E-state index in [2.05, 4.69) is 5.01 Å². The number of carbonyl (C=O) groups is 2. The molecule has 146 valence electrons. The number of esters is 1. The minimum Gasteiger partial charge on any atom is -0.451 e. The third-order valence-corrected chi connectivity index (χ3v) is 4.99. The van der Waals surface area contributed by atoms with Gasteiger partial charge < -0.3 is 14.4 Å². The molecule has 0 spiro atoms. The van der Waals surface area contributed by atoms with Gasteiger partial charge in [0.1, 0.15) is 6.17 Å². The summed E-state index contributed by atoms with van der Waals surface area (Å²) in [6, 6.07) is 11.3. The molecule has 2 aliphatic rings. The van der Waals surface area contributed by atoms with Crippen molar-refractivity contribution in [2.45, 2.75) is 32.5 Å². The van der Waals surface area contributed by atoms with Gasteiger partial charge in [0, 0.05) is 25.7 Å². The summed E-state index contributed by atoms with van der Waals surface area (Å²) in [5.74, 6) is -0.874. The number of benzene rings is 1. The fraction of sp³-hybridized carbons (Fsp3) is 0.350. The average molecular weight is 383 g/mol. The highest BCUT2D eigenvalue weighted by Crippen LogP contribution is 2.31. The Kier molecular flexibility index (Phi) is 4.77.